The van der Waals surface area contributed by atoms with E-state index >= 15 is 0 Å². The van der Waals surface area contributed by atoms with Gasteiger partial charge in [-0.15, -0.1) is 0 Å². The summed E-state index contributed by atoms with van der Waals surface area (Å²) in [5.41, 5.74) is 20.5. The van der Waals surface area contributed by atoms with E-state index < -0.39 is 5.41 Å². The molecule has 62 heavy (non-hydrogen) atoms. The Labute approximate surface area is 367 Å². The number of benzene rings is 8. The minimum Gasteiger partial charge on any atom is -0.457 e. The van der Waals surface area contributed by atoms with Crippen LogP contribution in [0.3, 0.4) is 0 Å². The van der Waals surface area contributed by atoms with E-state index in [9.17, 15) is 0 Å². The zero-order valence-corrected chi connectivity index (χ0v) is 37.1. The number of fused-ring (bicyclic) bond motifs is 12. The summed E-state index contributed by atoms with van der Waals surface area (Å²) in [6.45, 7) is 18.6. The number of anilines is 3. The van der Waals surface area contributed by atoms with E-state index in [2.05, 4.69) is 236 Å². The molecule has 304 valence electrons. The van der Waals surface area contributed by atoms with Crippen molar-refractivity contribution < 1.29 is 4.74 Å². The molecule has 0 bridgehead atoms. The maximum Gasteiger partial charge on any atom is 0.132 e. The molecule has 1 aliphatic heterocycles. The van der Waals surface area contributed by atoms with Crippen molar-refractivity contribution in [1.29, 1.82) is 0 Å². The van der Waals surface area contributed by atoms with Crippen molar-refractivity contribution in [3.8, 4) is 44.9 Å². The first-order chi connectivity index (χ1) is 29.8. The Bertz CT molecular complexity index is 3040. The van der Waals surface area contributed by atoms with Gasteiger partial charge in [-0.25, -0.2) is 0 Å². The van der Waals surface area contributed by atoms with Crippen LogP contribution in [0.1, 0.15) is 99.9 Å². The lowest BCUT2D eigenvalue weighted by molar-refractivity contribution is 0.436. The molecule has 0 atom stereocenters. The standard InChI is InChI=1S/C60H53NO/c1-57(2,3)39-27-30-46-47-31-28-40(58(4,5)6)36-52(47)60(51(46)35-39)49-23-15-17-25-55(49)62-56-33-26-38(34-53(56)60)43-20-13-16-24-54(43)61(41-18-10-9-11-19-41)42-29-32-45-44-21-12-14-22-48(44)59(7,8)50(45)37-42/h9-37H,1-8H3. The first-order valence-corrected chi connectivity index (χ1v) is 22.2. The predicted molar refractivity (Wildman–Crippen MR) is 259 cm³/mol. The minimum atomic E-state index is -0.609. The smallest absolute Gasteiger partial charge is 0.132 e. The van der Waals surface area contributed by atoms with Crippen molar-refractivity contribution in [1.82, 2.24) is 0 Å². The highest BCUT2D eigenvalue weighted by Gasteiger charge is 2.52. The van der Waals surface area contributed by atoms with Gasteiger partial charge in [-0.1, -0.05) is 183 Å². The molecule has 0 amide bonds. The highest BCUT2D eigenvalue weighted by atomic mass is 16.5. The fourth-order valence-electron chi connectivity index (χ4n) is 10.8. The Morgan fingerprint density at radius 2 is 0.919 bits per heavy atom. The molecule has 0 unspecified atom stereocenters. The molecule has 8 aromatic rings. The molecule has 11 rings (SSSR count). The number of hydrogen-bond acceptors (Lipinski definition) is 2. The zero-order chi connectivity index (χ0) is 42.8. The summed E-state index contributed by atoms with van der Waals surface area (Å²) >= 11 is 0. The summed E-state index contributed by atoms with van der Waals surface area (Å²) in [6.07, 6.45) is 0. The molecule has 0 radical (unpaired) electrons. The van der Waals surface area contributed by atoms with E-state index in [1.165, 1.54) is 66.8 Å². The zero-order valence-electron chi connectivity index (χ0n) is 37.1. The molecule has 0 N–H and O–H groups in total. The number of rotatable bonds is 4. The van der Waals surface area contributed by atoms with Gasteiger partial charge in [0.1, 0.15) is 11.5 Å². The molecule has 2 nitrogen and oxygen atoms in total. The van der Waals surface area contributed by atoms with Gasteiger partial charge in [0.25, 0.3) is 0 Å². The van der Waals surface area contributed by atoms with Gasteiger partial charge in [0.2, 0.25) is 0 Å². The first-order valence-electron chi connectivity index (χ1n) is 22.2. The van der Waals surface area contributed by atoms with Gasteiger partial charge >= 0.3 is 0 Å². The third-order valence-electron chi connectivity index (χ3n) is 14.1. The van der Waals surface area contributed by atoms with Crippen LogP contribution in [-0.2, 0) is 21.7 Å². The van der Waals surface area contributed by atoms with Crippen molar-refractivity contribution in [2.45, 2.75) is 77.0 Å². The molecule has 2 aliphatic carbocycles. The number of nitrogens with zero attached hydrogens (tertiary/aromatic N) is 1. The van der Waals surface area contributed by atoms with Crippen LogP contribution in [0, 0.1) is 0 Å². The molecule has 0 fully saturated rings. The fourth-order valence-corrected chi connectivity index (χ4v) is 10.8. The van der Waals surface area contributed by atoms with E-state index in [1.54, 1.807) is 0 Å². The summed E-state index contributed by atoms with van der Waals surface area (Å²) in [6, 6.07) is 65.8. The third-order valence-corrected chi connectivity index (χ3v) is 14.1. The maximum absolute atomic E-state index is 6.97. The van der Waals surface area contributed by atoms with E-state index in [0.29, 0.717) is 0 Å². The van der Waals surface area contributed by atoms with E-state index in [4.69, 9.17) is 4.74 Å². The van der Waals surface area contributed by atoms with Crippen LogP contribution in [0.25, 0.3) is 33.4 Å². The Kier molecular flexibility index (Phi) is 8.29. The van der Waals surface area contributed by atoms with Crippen molar-refractivity contribution >= 4 is 17.1 Å². The molecule has 0 saturated carbocycles. The lowest BCUT2D eigenvalue weighted by atomic mass is 9.64. The largest absolute Gasteiger partial charge is 0.457 e. The Balaban J connectivity index is 1.16. The summed E-state index contributed by atoms with van der Waals surface area (Å²) in [5.74, 6) is 1.80. The van der Waals surface area contributed by atoms with Gasteiger partial charge in [0, 0.05) is 33.5 Å². The molecule has 0 saturated heterocycles. The number of ether oxygens (including phenoxy) is 1. The van der Waals surface area contributed by atoms with Gasteiger partial charge < -0.3 is 9.64 Å². The molecule has 2 heteroatoms. The monoisotopic (exact) mass is 803 g/mol. The summed E-state index contributed by atoms with van der Waals surface area (Å²) in [4.78, 5) is 2.45. The van der Waals surface area contributed by atoms with Gasteiger partial charge in [-0.3, -0.25) is 0 Å². The third kappa shape index (κ3) is 5.55. The van der Waals surface area contributed by atoms with E-state index in [-0.39, 0.29) is 16.2 Å². The van der Waals surface area contributed by atoms with Crippen LogP contribution in [0.15, 0.2) is 176 Å². The topological polar surface area (TPSA) is 12.5 Å². The van der Waals surface area contributed by atoms with Gasteiger partial charge in [-0.2, -0.15) is 0 Å². The predicted octanol–water partition coefficient (Wildman–Crippen LogP) is 16.2. The molecular formula is C60H53NO. The molecule has 0 aromatic heterocycles. The molecule has 3 aliphatic rings. The average molecular weight is 804 g/mol. The van der Waals surface area contributed by atoms with Crippen molar-refractivity contribution in [2.75, 3.05) is 4.90 Å². The second-order valence-electron chi connectivity index (χ2n) is 20.2. The summed E-state index contributed by atoms with van der Waals surface area (Å²) < 4.78 is 6.97. The van der Waals surface area contributed by atoms with Crippen LogP contribution in [0.2, 0.25) is 0 Å². The Morgan fingerprint density at radius 3 is 1.60 bits per heavy atom. The summed E-state index contributed by atoms with van der Waals surface area (Å²) in [7, 11) is 0. The number of hydrogen-bond donors (Lipinski definition) is 0. The Morgan fingerprint density at radius 1 is 0.387 bits per heavy atom. The molecular weight excluding hydrogens is 751 g/mol. The van der Waals surface area contributed by atoms with E-state index in [1.807, 2.05) is 0 Å². The number of para-hydroxylation sites is 3. The second-order valence-corrected chi connectivity index (χ2v) is 20.2. The van der Waals surface area contributed by atoms with Crippen molar-refractivity contribution in [3.63, 3.8) is 0 Å². The van der Waals surface area contributed by atoms with Gasteiger partial charge in [0.15, 0.2) is 0 Å². The van der Waals surface area contributed by atoms with Crippen LogP contribution >= 0.6 is 0 Å². The molecule has 8 aromatic carbocycles. The van der Waals surface area contributed by atoms with Crippen molar-refractivity contribution in [2.24, 2.45) is 0 Å². The highest BCUT2D eigenvalue weighted by Crippen LogP contribution is 2.63. The summed E-state index contributed by atoms with van der Waals surface area (Å²) in [5, 5.41) is 0. The van der Waals surface area contributed by atoms with Crippen LogP contribution < -0.4 is 9.64 Å². The van der Waals surface area contributed by atoms with Crippen LogP contribution in [-0.4, -0.2) is 0 Å². The van der Waals surface area contributed by atoms with E-state index in [0.717, 1.165) is 39.7 Å². The minimum absolute atomic E-state index is 0.0354. The highest BCUT2D eigenvalue weighted by molar-refractivity contribution is 5.93. The molecule has 1 heterocycles. The SMILES string of the molecule is CC(C)(C)c1ccc2c(c1)C1(c3ccccc3Oc3ccc(-c4ccccc4N(c4ccccc4)c4ccc5c(c4)C(C)(C)c4ccccc4-5)cc31)c1cc(C(C)(C)C)ccc1-2. The van der Waals surface area contributed by atoms with Gasteiger partial charge in [0.05, 0.1) is 11.1 Å². The maximum atomic E-state index is 6.97. The lowest BCUT2D eigenvalue weighted by Gasteiger charge is -2.40. The van der Waals surface area contributed by atoms with Crippen LogP contribution in [0.5, 0.6) is 11.5 Å². The fraction of sp³-hybridized carbons (Fsp3) is 0.200. The van der Waals surface area contributed by atoms with Crippen molar-refractivity contribution in [3.05, 3.63) is 220 Å². The average Bonchev–Trinajstić information content (AvgIpc) is 3.68. The molecule has 1 spiro atoms. The lowest BCUT2D eigenvalue weighted by Crippen LogP contribution is -2.33. The van der Waals surface area contributed by atoms with Gasteiger partial charge in [-0.05, 0) is 121 Å². The first kappa shape index (κ1) is 38.3. The Hall–Kier alpha value is -6.64. The second kappa shape index (κ2) is 13.4. The quantitative estimate of drug-likeness (QED) is 0.176. The normalized spacial score (nSPS) is 14.8. The van der Waals surface area contributed by atoms with Crippen LogP contribution in [0.4, 0.5) is 17.1 Å².